The Kier molecular flexibility index (Phi) is 8.13. The summed E-state index contributed by atoms with van der Waals surface area (Å²) in [5, 5.41) is 11.6. The molecular formula is C20H27N5O5S2. The first kappa shape index (κ1) is 24.1. The van der Waals surface area contributed by atoms with E-state index >= 15 is 0 Å². The van der Waals surface area contributed by atoms with E-state index in [1.54, 1.807) is 6.92 Å². The van der Waals surface area contributed by atoms with Gasteiger partial charge in [0.25, 0.3) is 0 Å². The first-order valence-corrected chi connectivity index (χ1v) is 12.2. The monoisotopic (exact) mass is 481 g/mol. The zero-order chi connectivity index (χ0) is 23.3. The average molecular weight is 482 g/mol. The van der Waals surface area contributed by atoms with E-state index in [-0.39, 0.29) is 24.2 Å². The highest BCUT2D eigenvalue weighted by Crippen LogP contribution is 2.39. The van der Waals surface area contributed by atoms with Gasteiger partial charge in [0.2, 0.25) is 11.9 Å². The molecule has 0 aliphatic heterocycles. The fourth-order valence-corrected chi connectivity index (χ4v) is 5.73. The third-order valence-corrected chi connectivity index (χ3v) is 7.24. The van der Waals surface area contributed by atoms with E-state index in [1.807, 2.05) is 6.92 Å². The smallest absolute Gasteiger partial charge is 0.341 e. The summed E-state index contributed by atoms with van der Waals surface area (Å²) in [5.41, 5.74) is 7.40. The van der Waals surface area contributed by atoms with Crippen LogP contribution in [-0.2, 0) is 31.9 Å². The van der Waals surface area contributed by atoms with E-state index < -0.39 is 18.0 Å². The van der Waals surface area contributed by atoms with Crippen molar-refractivity contribution in [2.24, 2.45) is 0 Å². The van der Waals surface area contributed by atoms with Gasteiger partial charge in [0.1, 0.15) is 11.0 Å². The molecule has 0 aromatic carbocycles. The van der Waals surface area contributed by atoms with Crippen LogP contribution in [0.4, 0.5) is 10.9 Å². The van der Waals surface area contributed by atoms with Crippen LogP contribution in [0.5, 0.6) is 0 Å². The van der Waals surface area contributed by atoms with Crippen LogP contribution < -0.4 is 11.1 Å². The molecule has 0 saturated heterocycles. The van der Waals surface area contributed by atoms with Gasteiger partial charge in [-0.3, -0.25) is 14.2 Å². The van der Waals surface area contributed by atoms with Crippen molar-refractivity contribution < 1.29 is 23.9 Å². The molecule has 1 atom stereocenters. The molecule has 2 aromatic rings. The standard InChI is InChI=1S/C20H27N5O5S2/c1-4-12(25-19(21)23-24-20(25)31-10-14(26)30-5-2)16(27)22-17-15(18(28)29-3)11-8-6-7-9-13(11)32-17/h12H,4-10H2,1-3H3,(H2,21,23)(H,22,27). The van der Waals surface area contributed by atoms with Crippen molar-refractivity contribution in [1.82, 2.24) is 14.8 Å². The Balaban J connectivity index is 1.85. The number of thioether (sulfide) groups is 1. The van der Waals surface area contributed by atoms with Crippen molar-refractivity contribution >= 4 is 51.9 Å². The lowest BCUT2D eigenvalue weighted by Gasteiger charge is -2.19. The summed E-state index contributed by atoms with van der Waals surface area (Å²) in [6.45, 7) is 3.84. The molecule has 1 amide bonds. The average Bonchev–Trinajstić information content (AvgIpc) is 3.32. The van der Waals surface area contributed by atoms with Crippen LogP contribution in [0, 0.1) is 0 Å². The number of fused-ring (bicyclic) bond motifs is 1. The number of nitrogens with one attached hydrogen (secondary N) is 1. The van der Waals surface area contributed by atoms with Gasteiger partial charge < -0.3 is 20.5 Å². The van der Waals surface area contributed by atoms with Crippen LogP contribution in [0.15, 0.2) is 5.16 Å². The summed E-state index contributed by atoms with van der Waals surface area (Å²) in [5.74, 6) is -1.11. The zero-order valence-electron chi connectivity index (χ0n) is 18.3. The van der Waals surface area contributed by atoms with Crippen LogP contribution in [0.1, 0.15) is 60.0 Å². The first-order valence-electron chi connectivity index (χ1n) is 10.4. The topological polar surface area (TPSA) is 138 Å². The lowest BCUT2D eigenvalue weighted by Crippen LogP contribution is -2.27. The largest absolute Gasteiger partial charge is 0.465 e. The Hall–Kier alpha value is -2.60. The molecule has 0 radical (unpaired) electrons. The molecule has 3 rings (SSSR count). The Labute approximate surface area is 194 Å². The van der Waals surface area contributed by atoms with Crippen LogP contribution in [0.2, 0.25) is 0 Å². The number of nitrogen functional groups attached to an aromatic ring is 1. The van der Waals surface area contributed by atoms with Gasteiger partial charge >= 0.3 is 11.9 Å². The lowest BCUT2D eigenvalue weighted by atomic mass is 9.95. The molecule has 174 valence electrons. The number of esters is 2. The maximum absolute atomic E-state index is 13.3. The van der Waals surface area contributed by atoms with Crippen molar-refractivity contribution in [3.8, 4) is 0 Å². The van der Waals surface area contributed by atoms with Crippen molar-refractivity contribution in [1.29, 1.82) is 0 Å². The number of aromatic nitrogens is 3. The number of carbonyl (C=O) groups is 3. The van der Waals surface area contributed by atoms with Crippen LogP contribution in [0.3, 0.4) is 0 Å². The predicted molar refractivity (Wildman–Crippen MR) is 122 cm³/mol. The molecule has 0 fully saturated rings. The number of nitrogens with two attached hydrogens (primary N) is 1. The molecule has 1 aliphatic rings. The predicted octanol–water partition coefficient (Wildman–Crippen LogP) is 2.83. The minimum absolute atomic E-state index is 0.0220. The molecule has 32 heavy (non-hydrogen) atoms. The second kappa shape index (κ2) is 10.8. The summed E-state index contributed by atoms with van der Waals surface area (Å²) in [6.07, 6.45) is 4.12. The number of aryl methyl sites for hydroxylation is 1. The number of methoxy groups -OCH3 is 1. The maximum atomic E-state index is 13.3. The Morgan fingerprint density at radius 3 is 2.69 bits per heavy atom. The van der Waals surface area contributed by atoms with Gasteiger partial charge in [-0.2, -0.15) is 0 Å². The summed E-state index contributed by atoms with van der Waals surface area (Å²) >= 11 is 2.52. The van der Waals surface area contributed by atoms with E-state index in [4.69, 9.17) is 15.2 Å². The number of nitrogens with zero attached hydrogens (tertiary/aromatic N) is 3. The Morgan fingerprint density at radius 1 is 1.25 bits per heavy atom. The molecule has 0 saturated carbocycles. The van der Waals surface area contributed by atoms with Crippen LogP contribution >= 0.6 is 23.1 Å². The van der Waals surface area contributed by atoms with Crippen molar-refractivity contribution in [3.63, 3.8) is 0 Å². The summed E-state index contributed by atoms with van der Waals surface area (Å²) in [6, 6.07) is -0.723. The number of thiophene rings is 1. The zero-order valence-corrected chi connectivity index (χ0v) is 19.9. The number of hydrogen-bond donors (Lipinski definition) is 2. The molecule has 12 heteroatoms. The molecule has 2 aromatic heterocycles. The SMILES string of the molecule is CCOC(=O)CSc1nnc(N)n1C(CC)C(=O)Nc1sc2c(c1C(=O)OC)CCCC2. The van der Waals surface area contributed by atoms with E-state index in [2.05, 4.69) is 15.5 Å². The van der Waals surface area contributed by atoms with Crippen molar-refractivity contribution in [3.05, 3.63) is 16.0 Å². The van der Waals surface area contributed by atoms with Gasteiger partial charge in [0.15, 0.2) is 5.16 Å². The highest BCUT2D eigenvalue weighted by Gasteiger charge is 2.30. The molecule has 0 bridgehead atoms. The van der Waals surface area contributed by atoms with Crippen molar-refractivity contribution in [2.45, 2.75) is 57.1 Å². The molecule has 3 N–H and O–H groups in total. The van der Waals surface area contributed by atoms with Gasteiger partial charge in [-0.1, -0.05) is 18.7 Å². The highest BCUT2D eigenvalue weighted by molar-refractivity contribution is 7.99. The second-order valence-electron chi connectivity index (χ2n) is 7.12. The number of amides is 1. The highest BCUT2D eigenvalue weighted by atomic mass is 32.2. The fourth-order valence-electron chi connectivity index (χ4n) is 3.66. The minimum atomic E-state index is -0.723. The Bertz CT molecular complexity index is 1000. The molecule has 0 spiro atoms. The molecule has 10 nitrogen and oxygen atoms in total. The van der Waals surface area contributed by atoms with Crippen LogP contribution in [-0.4, -0.2) is 52.1 Å². The van der Waals surface area contributed by atoms with Gasteiger partial charge in [0, 0.05) is 4.88 Å². The summed E-state index contributed by atoms with van der Waals surface area (Å²) in [4.78, 5) is 38.6. The third kappa shape index (κ3) is 5.07. The first-order chi connectivity index (χ1) is 15.4. The summed E-state index contributed by atoms with van der Waals surface area (Å²) < 4.78 is 11.4. The molecular weight excluding hydrogens is 454 g/mol. The van der Waals surface area contributed by atoms with Gasteiger partial charge in [0.05, 0.1) is 25.0 Å². The lowest BCUT2D eigenvalue weighted by molar-refractivity contribution is -0.139. The number of anilines is 2. The molecule has 2 heterocycles. The van der Waals surface area contributed by atoms with E-state index in [0.29, 0.717) is 22.1 Å². The van der Waals surface area contributed by atoms with Gasteiger partial charge in [-0.05, 0) is 44.6 Å². The summed E-state index contributed by atoms with van der Waals surface area (Å²) in [7, 11) is 1.33. The van der Waals surface area contributed by atoms with Gasteiger partial charge in [-0.15, -0.1) is 21.5 Å². The number of ether oxygens (including phenoxy) is 2. The van der Waals surface area contributed by atoms with Gasteiger partial charge in [-0.25, -0.2) is 4.79 Å². The number of carbonyl (C=O) groups excluding carboxylic acids is 3. The molecule has 1 aliphatic carbocycles. The molecule has 1 unspecified atom stereocenters. The van der Waals surface area contributed by atoms with Crippen molar-refractivity contribution in [2.75, 3.05) is 30.5 Å². The van der Waals surface area contributed by atoms with E-state index in [9.17, 15) is 14.4 Å². The number of hydrogen-bond acceptors (Lipinski definition) is 10. The van der Waals surface area contributed by atoms with E-state index in [1.165, 1.54) is 23.0 Å². The fraction of sp³-hybridized carbons (Fsp3) is 0.550. The Morgan fingerprint density at radius 2 is 2.00 bits per heavy atom. The van der Waals surface area contributed by atoms with Crippen LogP contribution in [0.25, 0.3) is 0 Å². The number of rotatable bonds is 9. The second-order valence-corrected chi connectivity index (χ2v) is 9.17. The maximum Gasteiger partial charge on any atom is 0.341 e. The normalized spacial score (nSPS) is 13.8. The quantitative estimate of drug-likeness (QED) is 0.409. The minimum Gasteiger partial charge on any atom is -0.465 e. The third-order valence-electron chi connectivity index (χ3n) is 5.11. The van der Waals surface area contributed by atoms with E-state index in [0.717, 1.165) is 47.9 Å².